The molecule has 1 aromatic carbocycles. The van der Waals surface area contributed by atoms with Crippen molar-refractivity contribution in [1.29, 1.82) is 0 Å². The number of rotatable bonds is 6. The predicted molar refractivity (Wildman–Crippen MR) is 70.8 cm³/mol. The van der Waals surface area contributed by atoms with Gasteiger partial charge in [-0.25, -0.2) is 0 Å². The molecule has 94 valence electrons. The molecule has 17 heavy (non-hydrogen) atoms. The van der Waals surface area contributed by atoms with Crippen LogP contribution in [0.3, 0.4) is 0 Å². The van der Waals surface area contributed by atoms with Gasteiger partial charge in [-0.3, -0.25) is 10.1 Å². The van der Waals surface area contributed by atoms with Crippen LogP contribution in [0.2, 0.25) is 0 Å². The second-order valence-corrected chi connectivity index (χ2v) is 7.56. The van der Waals surface area contributed by atoms with Gasteiger partial charge in [-0.05, 0) is 6.42 Å². The van der Waals surface area contributed by atoms with E-state index in [1.807, 2.05) is 6.92 Å². The highest BCUT2D eigenvalue weighted by atomic mass is 35.5. The minimum absolute atomic E-state index is 0.0359. The Hall–Kier alpha value is -0.860. The molecule has 0 amide bonds. The average molecular weight is 276 g/mol. The first-order valence-corrected chi connectivity index (χ1v) is 8.03. The van der Waals surface area contributed by atoms with Crippen molar-refractivity contribution in [2.45, 2.75) is 19.8 Å². The molecule has 0 N–H and O–H groups in total. The third kappa shape index (κ3) is 3.55. The summed E-state index contributed by atoms with van der Waals surface area (Å²) in [6, 6.07) is 5.98. The maximum Gasteiger partial charge on any atom is 0.270 e. The Labute approximate surface area is 106 Å². The first-order chi connectivity index (χ1) is 8.03. The van der Waals surface area contributed by atoms with Gasteiger partial charge in [-0.15, -0.1) is 11.6 Å². The third-order valence-corrected chi connectivity index (χ3v) is 6.38. The fourth-order valence-corrected chi connectivity index (χ4v) is 4.37. The first-order valence-electron chi connectivity index (χ1n) is 5.42. The number of benzene rings is 1. The van der Waals surface area contributed by atoms with Gasteiger partial charge in [0.1, 0.15) is 7.14 Å². The molecule has 0 spiro atoms. The van der Waals surface area contributed by atoms with Crippen LogP contribution in [0.4, 0.5) is 5.69 Å². The number of hydrogen-bond donors (Lipinski definition) is 0. The van der Waals surface area contributed by atoms with Crippen molar-refractivity contribution in [3.05, 3.63) is 34.4 Å². The summed E-state index contributed by atoms with van der Waals surface area (Å²) in [6.45, 7) is 2.01. The monoisotopic (exact) mass is 275 g/mol. The summed E-state index contributed by atoms with van der Waals surface area (Å²) in [7, 11) is -2.67. The Bertz CT molecular complexity index is 450. The Kier molecular flexibility index (Phi) is 5.16. The molecule has 4 nitrogen and oxygen atoms in total. The number of unbranched alkanes of at least 4 members (excludes halogenated alkanes) is 1. The standard InChI is InChI=1S/C11H15ClNO3P/c1-2-3-7-17(16,9-12)11-6-4-5-10(8-11)13(14)15/h4-6,8H,2-3,7,9H2,1H3. The maximum atomic E-state index is 12.6. The molecule has 0 bridgehead atoms. The van der Waals surface area contributed by atoms with E-state index in [1.165, 1.54) is 12.1 Å². The van der Waals surface area contributed by atoms with Crippen LogP contribution in [-0.4, -0.2) is 16.7 Å². The van der Waals surface area contributed by atoms with E-state index in [1.54, 1.807) is 12.1 Å². The van der Waals surface area contributed by atoms with E-state index >= 15 is 0 Å². The van der Waals surface area contributed by atoms with Crippen LogP contribution in [0.15, 0.2) is 24.3 Å². The molecular formula is C11H15ClNO3P. The van der Waals surface area contributed by atoms with Gasteiger partial charge in [0, 0.05) is 23.6 Å². The zero-order valence-corrected chi connectivity index (χ0v) is 11.3. The van der Waals surface area contributed by atoms with Crippen molar-refractivity contribution in [1.82, 2.24) is 0 Å². The van der Waals surface area contributed by atoms with Crippen LogP contribution in [0.25, 0.3) is 0 Å². The van der Waals surface area contributed by atoms with Gasteiger partial charge < -0.3 is 4.57 Å². The van der Waals surface area contributed by atoms with Crippen molar-refractivity contribution < 1.29 is 9.49 Å². The van der Waals surface area contributed by atoms with Crippen molar-refractivity contribution >= 4 is 29.7 Å². The Morgan fingerprint density at radius 3 is 2.71 bits per heavy atom. The van der Waals surface area contributed by atoms with Gasteiger partial charge in [0.05, 0.1) is 10.5 Å². The number of nitro groups is 1. The van der Waals surface area contributed by atoms with Gasteiger partial charge in [-0.1, -0.05) is 25.5 Å². The summed E-state index contributed by atoms with van der Waals surface area (Å²) in [4.78, 5) is 10.2. The first kappa shape index (κ1) is 14.2. The quantitative estimate of drug-likeness (QED) is 0.345. The minimum Gasteiger partial charge on any atom is -0.317 e. The number of halogens is 1. The van der Waals surface area contributed by atoms with Crippen LogP contribution < -0.4 is 5.30 Å². The van der Waals surface area contributed by atoms with Gasteiger partial charge in [0.15, 0.2) is 0 Å². The second-order valence-electron chi connectivity index (χ2n) is 3.86. The number of alkyl halides is 1. The molecule has 1 atom stereocenters. The third-order valence-electron chi connectivity index (χ3n) is 2.58. The fraction of sp³-hybridized carbons (Fsp3) is 0.455. The Morgan fingerprint density at radius 1 is 1.47 bits per heavy atom. The lowest BCUT2D eigenvalue weighted by Gasteiger charge is -2.15. The highest BCUT2D eigenvalue weighted by Gasteiger charge is 2.24. The van der Waals surface area contributed by atoms with E-state index in [4.69, 9.17) is 11.6 Å². The van der Waals surface area contributed by atoms with Crippen molar-refractivity contribution in [3.63, 3.8) is 0 Å². The molecule has 0 radical (unpaired) electrons. The average Bonchev–Trinajstić information content (AvgIpc) is 2.36. The second kappa shape index (κ2) is 6.18. The van der Waals surface area contributed by atoms with Crippen LogP contribution in [0.1, 0.15) is 19.8 Å². The van der Waals surface area contributed by atoms with Crippen LogP contribution in [-0.2, 0) is 4.57 Å². The zero-order valence-electron chi connectivity index (χ0n) is 9.63. The van der Waals surface area contributed by atoms with E-state index in [-0.39, 0.29) is 11.3 Å². The maximum absolute atomic E-state index is 12.6. The Morgan fingerprint density at radius 2 is 2.18 bits per heavy atom. The lowest BCUT2D eigenvalue weighted by molar-refractivity contribution is -0.384. The predicted octanol–water partition coefficient (Wildman–Crippen LogP) is 3.58. The minimum atomic E-state index is -2.67. The molecule has 1 unspecified atom stereocenters. The van der Waals surface area contributed by atoms with Gasteiger partial charge in [0.2, 0.25) is 0 Å². The van der Waals surface area contributed by atoms with Crippen molar-refractivity contribution in [3.8, 4) is 0 Å². The van der Waals surface area contributed by atoms with E-state index in [2.05, 4.69) is 0 Å². The topological polar surface area (TPSA) is 60.2 Å². The van der Waals surface area contributed by atoms with E-state index in [9.17, 15) is 14.7 Å². The number of non-ortho nitro benzene ring substituents is 1. The molecule has 0 fully saturated rings. The summed E-state index contributed by atoms with van der Waals surface area (Å²) in [5, 5.41) is 11.2. The molecule has 1 rings (SSSR count). The fourth-order valence-electron chi connectivity index (χ4n) is 1.53. The van der Waals surface area contributed by atoms with Gasteiger partial charge in [0.25, 0.3) is 5.69 Å². The largest absolute Gasteiger partial charge is 0.317 e. The smallest absolute Gasteiger partial charge is 0.270 e. The lowest BCUT2D eigenvalue weighted by atomic mass is 10.3. The number of hydrogen-bond acceptors (Lipinski definition) is 3. The van der Waals surface area contributed by atoms with E-state index < -0.39 is 12.1 Å². The zero-order chi connectivity index (χ0) is 12.9. The molecule has 1 aromatic rings. The molecular weight excluding hydrogens is 261 g/mol. The summed E-state index contributed by atoms with van der Waals surface area (Å²) >= 11 is 5.78. The normalized spacial score (nSPS) is 14.2. The number of nitro benzene ring substituents is 1. The van der Waals surface area contributed by atoms with Crippen LogP contribution in [0, 0.1) is 10.1 Å². The van der Waals surface area contributed by atoms with Gasteiger partial charge in [-0.2, -0.15) is 0 Å². The Balaban J connectivity index is 3.07. The highest BCUT2D eigenvalue weighted by Crippen LogP contribution is 2.46. The lowest BCUT2D eigenvalue weighted by Crippen LogP contribution is -2.09. The number of nitrogens with zero attached hydrogens (tertiary/aromatic N) is 1. The molecule has 0 saturated carbocycles. The van der Waals surface area contributed by atoms with Crippen LogP contribution >= 0.6 is 18.7 Å². The van der Waals surface area contributed by atoms with E-state index in [0.29, 0.717) is 11.5 Å². The molecule has 0 aromatic heterocycles. The summed E-state index contributed by atoms with van der Waals surface area (Å²) in [5.41, 5.74) is -0.00177. The van der Waals surface area contributed by atoms with Gasteiger partial charge >= 0.3 is 0 Å². The SMILES string of the molecule is CCCCP(=O)(CCl)c1cccc([N+](=O)[O-])c1. The molecule has 0 heterocycles. The molecule has 6 heteroatoms. The highest BCUT2D eigenvalue weighted by molar-refractivity contribution is 7.72. The van der Waals surface area contributed by atoms with Crippen LogP contribution in [0.5, 0.6) is 0 Å². The molecule has 0 aliphatic carbocycles. The van der Waals surface area contributed by atoms with Crippen molar-refractivity contribution in [2.75, 3.05) is 11.8 Å². The van der Waals surface area contributed by atoms with E-state index in [0.717, 1.165) is 12.8 Å². The summed E-state index contributed by atoms with van der Waals surface area (Å²) in [5.74, 6) is 0. The molecule has 0 saturated heterocycles. The van der Waals surface area contributed by atoms with Crippen molar-refractivity contribution in [2.24, 2.45) is 0 Å². The molecule has 0 aliphatic rings. The summed E-state index contributed by atoms with van der Waals surface area (Å²) < 4.78 is 12.6. The molecule has 0 aliphatic heterocycles. The summed E-state index contributed by atoms with van der Waals surface area (Å²) in [6.07, 6.45) is 2.25.